The SMILES string of the molecule is CCCNC(=O)CC(C)COC. The van der Waals surface area contributed by atoms with Crippen molar-refractivity contribution in [1.82, 2.24) is 5.32 Å². The summed E-state index contributed by atoms with van der Waals surface area (Å²) >= 11 is 0. The minimum atomic E-state index is 0.126. The third-order valence-electron chi connectivity index (χ3n) is 1.56. The molecule has 0 aromatic rings. The van der Waals surface area contributed by atoms with Gasteiger partial charge in [0, 0.05) is 26.7 Å². The Hall–Kier alpha value is -0.570. The number of ether oxygens (including phenoxy) is 1. The van der Waals surface area contributed by atoms with Gasteiger partial charge in [-0.2, -0.15) is 0 Å². The molecule has 0 radical (unpaired) electrons. The van der Waals surface area contributed by atoms with Crippen LogP contribution in [0, 0.1) is 5.92 Å². The van der Waals surface area contributed by atoms with Gasteiger partial charge < -0.3 is 10.1 Å². The van der Waals surface area contributed by atoms with E-state index in [9.17, 15) is 4.79 Å². The second-order valence-electron chi connectivity index (χ2n) is 3.11. The monoisotopic (exact) mass is 173 g/mol. The Morgan fingerprint density at radius 2 is 2.25 bits per heavy atom. The van der Waals surface area contributed by atoms with E-state index in [-0.39, 0.29) is 5.91 Å². The average molecular weight is 173 g/mol. The highest BCUT2D eigenvalue weighted by Gasteiger charge is 2.07. The molecule has 0 saturated heterocycles. The summed E-state index contributed by atoms with van der Waals surface area (Å²) in [6, 6.07) is 0. The number of hydrogen-bond donors (Lipinski definition) is 1. The van der Waals surface area contributed by atoms with E-state index < -0.39 is 0 Å². The Morgan fingerprint density at radius 3 is 2.75 bits per heavy atom. The van der Waals surface area contributed by atoms with Gasteiger partial charge in [0.1, 0.15) is 0 Å². The van der Waals surface area contributed by atoms with E-state index in [1.807, 2.05) is 13.8 Å². The lowest BCUT2D eigenvalue weighted by Crippen LogP contribution is -2.26. The van der Waals surface area contributed by atoms with Gasteiger partial charge in [0.05, 0.1) is 0 Å². The summed E-state index contributed by atoms with van der Waals surface area (Å²) in [5, 5.41) is 2.83. The van der Waals surface area contributed by atoms with E-state index in [2.05, 4.69) is 5.32 Å². The number of rotatable bonds is 6. The number of hydrogen-bond acceptors (Lipinski definition) is 2. The molecule has 0 aliphatic carbocycles. The zero-order chi connectivity index (χ0) is 9.40. The first-order chi connectivity index (χ1) is 5.70. The zero-order valence-electron chi connectivity index (χ0n) is 8.22. The third kappa shape index (κ3) is 6.16. The summed E-state index contributed by atoms with van der Waals surface area (Å²) in [4.78, 5) is 11.1. The van der Waals surface area contributed by atoms with Gasteiger partial charge in [-0.05, 0) is 12.3 Å². The van der Waals surface area contributed by atoms with E-state index in [0.717, 1.165) is 13.0 Å². The van der Waals surface area contributed by atoms with Gasteiger partial charge in [0.2, 0.25) is 5.91 Å². The molecule has 0 heterocycles. The second kappa shape index (κ2) is 7.10. The van der Waals surface area contributed by atoms with Gasteiger partial charge in [0.25, 0.3) is 0 Å². The van der Waals surface area contributed by atoms with Crippen LogP contribution in [0.5, 0.6) is 0 Å². The highest BCUT2D eigenvalue weighted by molar-refractivity contribution is 5.76. The molecule has 0 rings (SSSR count). The summed E-state index contributed by atoms with van der Waals surface area (Å²) in [7, 11) is 1.65. The van der Waals surface area contributed by atoms with Crippen LogP contribution < -0.4 is 5.32 Å². The predicted molar refractivity (Wildman–Crippen MR) is 49.0 cm³/mol. The van der Waals surface area contributed by atoms with Crippen molar-refractivity contribution in [3.63, 3.8) is 0 Å². The molecule has 72 valence electrons. The van der Waals surface area contributed by atoms with Crippen LogP contribution in [0.4, 0.5) is 0 Å². The number of carbonyl (C=O) groups is 1. The van der Waals surface area contributed by atoms with Crippen LogP contribution in [0.2, 0.25) is 0 Å². The fourth-order valence-corrected chi connectivity index (χ4v) is 0.997. The summed E-state index contributed by atoms with van der Waals surface area (Å²) < 4.78 is 4.93. The molecule has 0 spiro atoms. The molecule has 0 saturated carbocycles. The standard InChI is InChI=1S/C9H19NO2/c1-4-5-10-9(11)6-8(2)7-12-3/h8H,4-7H2,1-3H3,(H,10,11). The molecule has 12 heavy (non-hydrogen) atoms. The molecule has 1 atom stereocenters. The van der Waals surface area contributed by atoms with E-state index in [0.29, 0.717) is 18.9 Å². The van der Waals surface area contributed by atoms with Crippen LogP contribution in [0.15, 0.2) is 0 Å². The number of nitrogens with one attached hydrogen (secondary N) is 1. The molecule has 0 fully saturated rings. The largest absolute Gasteiger partial charge is 0.384 e. The molecule has 0 aliphatic heterocycles. The van der Waals surface area contributed by atoms with Crippen molar-refractivity contribution < 1.29 is 9.53 Å². The number of methoxy groups -OCH3 is 1. The van der Waals surface area contributed by atoms with Gasteiger partial charge in [-0.25, -0.2) is 0 Å². The first-order valence-electron chi connectivity index (χ1n) is 4.46. The molecule has 1 amide bonds. The van der Waals surface area contributed by atoms with Crippen LogP contribution in [-0.2, 0) is 9.53 Å². The summed E-state index contributed by atoms with van der Waals surface area (Å²) in [6.07, 6.45) is 1.55. The highest BCUT2D eigenvalue weighted by Crippen LogP contribution is 2.00. The van der Waals surface area contributed by atoms with Gasteiger partial charge in [-0.15, -0.1) is 0 Å². The first kappa shape index (κ1) is 11.4. The Bertz CT molecular complexity index is 126. The Kier molecular flexibility index (Phi) is 6.76. The second-order valence-corrected chi connectivity index (χ2v) is 3.11. The molecule has 1 unspecified atom stereocenters. The van der Waals surface area contributed by atoms with Crippen LogP contribution >= 0.6 is 0 Å². The van der Waals surface area contributed by atoms with Gasteiger partial charge in [0.15, 0.2) is 0 Å². The highest BCUT2D eigenvalue weighted by atomic mass is 16.5. The van der Waals surface area contributed by atoms with Crippen LogP contribution in [0.1, 0.15) is 26.7 Å². The maximum absolute atomic E-state index is 11.1. The molecular weight excluding hydrogens is 154 g/mol. The average Bonchev–Trinajstić information content (AvgIpc) is 2.01. The quantitative estimate of drug-likeness (QED) is 0.655. The minimum Gasteiger partial charge on any atom is -0.384 e. The van der Waals surface area contributed by atoms with E-state index in [1.54, 1.807) is 7.11 Å². The minimum absolute atomic E-state index is 0.126. The topological polar surface area (TPSA) is 38.3 Å². The number of amides is 1. The van der Waals surface area contributed by atoms with Gasteiger partial charge in [-0.3, -0.25) is 4.79 Å². The summed E-state index contributed by atoms with van der Waals surface area (Å²) in [5.74, 6) is 0.438. The van der Waals surface area contributed by atoms with Crippen molar-refractivity contribution >= 4 is 5.91 Å². The van der Waals surface area contributed by atoms with E-state index >= 15 is 0 Å². The van der Waals surface area contributed by atoms with Gasteiger partial charge in [-0.1, -0.05) is 13.8 Å². The third-order valence-corrected chi connectivity index (χ3v) is 1.56. The lowest BCUT2D eigenvalue weighted by atomic mass is 10.1. The molecule has 0 bridgehead atoms. The maximum Gasteiger partial charge on any atom is 0.220 e. The smallest absolute Gasteiger partial charge is 0.220 e. The Balaban J connectivity index is 3.40. The van der Waals surface area contributed by atoms with Crippen LogP contribution in [0.3, 0.4) is 0 Å². The molecule has 0 aliphatic rings. The zero-order valence-corrected chi connectivity index (χ0v) is 8.22. The maximum atomic E-state index is 11.1. The predicted octanol–water partition coefficient (Wildman–Crippen LogP) is 1.19. The summed E-state index contributed by atoms with van der Waals surface area (Å²) in [6.45, 7) is 5.48. The molecule has 3 nitrogen and oxygen atoms in total. The van der Waals surface area contributed by atoms with Crippen LogP contribution in [0.25, 0.3) is 0 Å². The van der Waals surface area contributed by atoms with Crippen molar-refractivity contribution in [2.24, 2.45) is 5.92 Å². The molecule has 0 aromatic heterocycles. The Labute approximate surface area is 74.5 Å². The van der Waals surface area contributed by atoms with Gasteiger partial charge >= 0.3 is 0 Å². The molecule has 3 heteroatoms. The molecular formula is C9H19NO2. The lowest BCUT2D eigenvalue weighted by molar-refractivity contribution is -0.122. The van der Waals surface area contributed by atoms with E-state index in [4.69, 9.17) is 4.74 Å². The lowest BCUT2D eigenvalue weighted by Gasteiger charge is -2.09. The van der Waals surface area contributed by atoms with Crippen molar-refractivity contribution in [1.29, 1.82) is 0 Å². The van der Waals surface area contributed by atoms with Crippen molar-refractivity contribution in [2.75, 3.05) is 20.3 Å². The molecule has 0 aromatic carbocycles. The molecule has 1 N–H and O–H groups in total. The number of carbonyl (C=O) groups excluding carboxylic acids is 1. The fraction of sp³-hybridized carbons (Fsp3) is 0.889. The normalized spacial score (nSPS) is 12.6. The van der Waals surface area contributed by atoms with Crippen molar-refractivity contribution in [3.05, 3.63) is 0 Å². The first-order valence-corrected chi connectivity index (χ1v) is 4.46. The van der Waals surface area contributed by atoms with Crippen LogP contribution in [-0.4, -0.2) is 26.2 Å². The van der Waals surface area contributed by atoms with E-state index in [1.165, 1.54) is 0 Å². The van der Waals surface area contributed by atoms with Crippen molar-refractivity contribution in [3.8, 4) is 0 Å². The van der Waals surface area contributed by atoms with Crippen molar-refractivity contribution in [2.45, 2.75) is 26.7 Å². The summed E-state index contributed by atoms with van der Waals surface area (Å²) in [5.41, 5.74) is 0. The Morgan fingerprint density at radius 1 is 1.58 bits per heavy atom. The fourth-order valence-electron chi connectivity index (χ4n) is 0.997.